The van der Waals surface area contributed by atoms with Crippen LogP contribution in [0.25, 0.3) is 5.57 Å². The predicted molar refractivity (Wildman–Crippen MR) is 106 cm³/mol. The van der Waals surface area contributed by atoms with Crippen molar-refractivity contribution in [2.75, 3.05) is 31.1 Å². The molecule has 4 heterocycles. The van der Waals surface area contributed by atoms with Crippen LogP contribution in [0.15, 0.2) is 42.9 Å². The van der Waals surface area contributed by atoms with E-state index in [0.717, 1.165) is 43.7 Å². The van der Waals surface area contributed by atoms with E-state index in [1.165, 1.54) is 5.57 Å². The number of hydrogen-bond acceptors (Lipinski definition) is 5. The average Bonchev–Trinajstić information content (AvgIpc) is 3.27. The van der Waals surface area contributed by atoms with Gasteiger partial charge < -0.3 is 0 Å². The van der Waals surface area contributed by atoms with Gasteiger partial charge in [0.2, 0.25) is 0 Å². The monoisotopic (exact) mass is 386 g/mol. The van der Waals surface area contributed by atoms with E-state index in [0.29, 0.717) is 6.42 Å². The van der Waals surface area contributed by atoms with E-state index >= 15 is 0 Å². The molecular weight excluding hydrogens is 360 g/mol. The molecule has 0 amide bonds. The first kappa shape index (κ1) is 18.4. The van der Waals surface area contributed by atoms with E-state index in [1.54, 1.807) is 0 Å². The van der Waals surface area contributed by atoms with Crippen LogP contribution in [0.1, 0.15) is 31.0 Å². The Labute approximate surface area is 160 Å². The Morgan fingerprint density at radius 2 is 2.19 bits per heavy atom. The van der Waals surface area contributed by atoms with Crippen molar-refractivity contribution in [2.24, 2.45) is 0 Å². The van der Waals surface area contributed by atoms with E-state index < -0.39 is 15.4 Å². The van der Waals surface area contributed by atoms with Crippen LogP contribution in [-0.2, 0) is 21.8 Å². The molecule has 0 radical (unpaired) electrons. The second-order valence-corrected chi connectivity index (χ2v) is 10.0. The van der Waals surface area contributed by atoms with E-state index in [4.69, 9.17) is 0 Å². The van der Waals surface area contributed by atoms with Gasteiger partial charge in [-0.1, -0.05) is 12.1 Å². The van der Waals surface area contributed by atoms with E-state index in [2.05, 4.69) is 27.1 Å². The van der Waals surface area contributed by atoms with E-state index in [-0.39, 0.29) is 11.5 Å². The first-order chi connectivity index (χ1) is 12.9. The lowest BCUT2D eigenvalue weighted by molar-refractivity contribution is 0.304. The Balaban J connectivity index is 1.38. The van der Waals surface area contributed by atoms with E-state index in [9.17, 15) is 8.42 Å². The van der Waals surface area contributed by atoms with Gasteiger partial charge in [0, 0.05) is 49.7 Å². The van der Waals surface area contributed by atoms with Crippen LogP contribution in [0.4, 0.5) is 0 Å². The summed E-state index contributed by atoms with van der Waals surface area (Å²) in [7, 11) is -2.94. The highest BCUT2D eigenvalue weighted by atomic mass is 32.2. The Hall–Kier alpha value is -1.99. The molecule has 7 heteroatoms. The lowest BCUT2D eigenvalue weighted by Gasteiger charge is -2.26. The molecule has 2 aliphatic rings. The summed E-state index contributed by atoms with van der Waals surface area (Å²) in [4.78, 5) is 6.82. The second kappa shape index (κ2) is 7.20. The molecule has 6 nitrogen and oxygen atoms in total. The predicted octanol–water partition coefficient (Wildman–Crippen LogP) is 2.14. The molecule has 1 saturated heterocycles. The van der Waals surface area contributed by atoms with Gasteiger partial charge in [0.1, 0.15) is 0 Å². The van der Waals surface area contributed by atoms with Gasteiger partial charge in [-0.05, 0) is 37.5 Å². The molecule has 0 spiro atoms. The molecular formula is C20H26N4O2S. The van der Waals surface area contributed by atoms with Gasteiger partial charge in [-0.3, -0.25) is 14.6 Å². The average molecular weight is 387 g/mol. The van der Waals surface area contributed by atoms with Crippen LogP contribution >= 0.6 is 0 Å². The number of pyridine rings is 1. The molecule has 27 heavy (non-hydrogen) atoms. The van der Waals surface area contributed by atoms with Crippen molar-refractivity contribution >= 4 is 15.4 Å². The van der Waals surface area contributed by atoms with Gasteiger partial charge in [0.25, 0.3) is 0 Å². The number of hydrogen-bond donors (Lipinski definition) is 0. The molecule has 2 aromatic rings. The number of nitrogens with zero attached hydrogens (tertiary/aromatic N) is 4. The number of aromatic nitrogens is 3. The second-order valence-electron chi connectivity index (χ2n) is 7.86. The highest BCUT2D eigenvalue weighted by molar-refractivity contribution is 7.91. The molecule has 0 bridgehead atoms. The summed E-state index contributed by atoms with van der Waals surface area (Å²) in [5.41, 5.74) is 3.14. The van der Waals surface area contributed by atoms with Crippen molar-refractivity contribution < 1.29 is 8.42 Å². The zero-order valence-electron chi connectivity index (χ0n) is 15.7. The Morgan fingerprint density at radius 3 is 2.85 bits per heavy atom. The zero-order valence-corrected chi connectivity index (χ0v) is 16.5. The minimum absolute atomic E-state index is 0.182. The third-order valence-corrected chi connectivity index (χ3v) is 7.58. The fraction of sp³-hybridized carbons (Fsp3) is 0.500. The summed E-state index contributed by atoms with van der Waals surface area (Å²) in [6.45, 7) is 4.95. The maximum absolute atomic E-state index is 11.9. The van der Waals surface area contributed by atoms with Crippen LogP contribution in [0.3, 0.4) is 0 Å². The van der Waals surface area contributed by atoms with Gasteiger partial charge in [-0.15, -0.1) is 0 Å². The molecule has 0 aliphatic carbocycles. The molecule has 2 aliphatic heterocycles. The van der Waals surface area contributed by atoms with Crippen LogP contribution in [0, 0.1) is 0 Å². The first-order valence-corrected chi connectivity index (χ1v) is 11.3. The maximum atomic E-state index is 11.9. The zero-order chi connectivity index (χ0) is 18.9. The molecule has 0 N–H and O–H groups in total. The standard InChI is InChI=1S/C20H26N4O2S/c1-20(8-13-27(25,26)16-20)24-15-18(14-22-24)17-5-10-23(11-6-17)12-7-19-4-2-3-9-21-19/h2-5,9,14-15H,6-8,10-13,16H2,1H3/t20-/m0/s1. The fourth-order valence-corrected chi connectivity index (χ4v) is 6.07. The number of sulfone groups is 1. The molecule has 1 fully saturated rings. The van der Waals surface area contributed by atoms with Crippen molar-refractivity contribution in [3.8, 4) is 0 Å². The Bertz CT molecular complexity index is 936. The van der Waals surface area contributed by atoms with Crippen LogP contribution in [0.2, 0.25) is 0 Å². The summed E-state index contributed by atoms with van der Waals surface area (Å²) >= 11 is 0. The Morgan fingerprint density at radius 1 is 1.30 bits per heavy atom. The first-order valence-electron chi connectivity index (χ1n) is 9.51. The third-order valence-electron chi connectivity index (χ3n) is 5.69. The summed E-state index contributed by atoms with van der Waals surface area (Å²) in [6.07, 6.45) is 10.6. The molecule has 4 rings (SSSR count). The van der Waals surface area contributed by atoms with Gasteiger partial charge in [-0.25, -0.2) is 8.42 Å². The molecule has 0 aromatic carbocycles. The topological polar surface area (TPSA) is 68.1 Å². The van der Waals surface area contributed by atoms with Crippen LogP contribution in [0.5, 0.6) is 0 Å². The van der Waals surface area contributed by atoms with Crippen LogP contribution < -0.4 is 0 Å². The quantitative estimate of drug-likeness (QED) is 0.788. The molecule has 144 valence electrons. The maximum Gasteiger partial charge on any atom is 0.152 e. The molecule has 1 atom stereocenters. The summed E-state index contributed by atoms with van der Waals surface area (Å²) < 4.78 is 25.6. The summed E-state index contributed by atoms with van der Waals surface area (Å²) in [5, 5.41) is 4.50. The highest BCUT2D eigenvalue weighted by Crippen LogP contribution is 2.31. The highest BCUT2D eigenvalue weighted by Gasteiger charge is 2.40. The molecule has 2 aromatic heterocycles. The third kappa shape index (κ3) is 4.14. The SMILES string of the molecule is C[C@]1(n2cc(C3=CCN(CCc4ccccn4)CC3)cn2)CCS(=O)(=O)C1. The van der Waals surface area contributed by atoms with Crippen LogP contribution in [-0.4, -0.2) is 59.2 Å². The fourth-order valence-electron chi connectivity index (χ4n) is 3.95. The van der Waals surface area contributed by atoms with Crippen molar-refractivity contribution in [1.82, 2.24) is 19.7 Å². The summed E-state index contributed by atoms with van der Waals surface area (Å²) in [5.74, 6) is 0.439. The van der Waals surface area contributed by atoms with Gasteiger partial charge in [0.05, 0.1) is 23.2 Å². The normalized spacial score (nSPS) is 25.4. The van der Waals surface area contributed by atoms with Gasteiger partial charge in [0.15, 0.2) is 9.84 Å². The minimum atomic E-state index is -2.94. The smallest absolute Gasteiger partial charge is 0.152 e. The minimum Gasteiger partial charge on any atom is -0.299 e. The lowest BCUT2D eigenvalue weighted by Crippen LogP contribution is -2.32. The largest absolute Gasteiger partial charge is 0.299 e. The van der Waals surface area contributed by atoms with Crippen molar-refractivity contribution in [3.63, 3.8) is 0 Å². The van der Waals surface area contributed by atoms with Crippen molar-refractivity contribution in [2.45, 2.75) is 31.7 Å². The van der Waals surface area contributed by atoms with Crippen molar-refractivity contribution in [3.05, 3.63) is 54.1 Å². The molecule has 0 unspecified atom stereocenters. The number of rotatable bonds is 5. The lowest BCUT2D eigenvalue weighted by atomic mass is 10.0. The van der Waals surface area contributed by atoms with Gasteiger partial charge in [-0.2, -0.15) is 5.10 Å². The molecule has 0 saturated carbocycles. The summed E-state index contributed by atoms with van der Waals surface area (Å²) in [6, 6.07) is 6.05. The Kier molecular flexibility index (Phi) is 4.90. The van der Waals surface area contributed by atoms with Crippen molar-refractivity contribution in [1.29, 1.82) is 0 Å². The van der Waals surface area contributed by atoms with Gasteiger partial charge >= 0.3 is 0 Å². The van der Waals surface area contributed by atoms with E-state index in [1.807, 2.05) is 42.3 Å².